The molecule has 96 valence electrons. The molecular weight excluding hydrogens is 226 g/mol. The molecule has 0 saturated heterocycles. The van der Waals surface area contributed by atoms with Gasteiger partial charge in [-0.3, -0.25) is 4.90 Å². The molecule has 0 radical (unpaired) electrons. The van der Waals surface area contributed by atoms with Gasteiger partial charge in [-0.25, -0.2) is 9.97 Å². The van der Waals surface area contributed by atoms with Gasteiger partial charge in [-0.15, -0.1) is 0 Å². The van der Waals surface area contributed by atoms with Crippen LogP contribution in [0.1, 0.15) is 30.8 Å². The van der Waals surface area contributed by atoms with Crippen molar-refractivity contribution in [2.75, 3.05) is 18.9 Å². The fourth-order valence-electron chi connectivity index (χ4n) is 2.03. The number of anilines is 1. The molecule has 5 heteroatoms. The van der Waals surface area contributed by atoms with Gasteiger partial charge in [-0.1, -0.05) is 0 Å². The number of hydrogen-bond acceptors (Lipinski definition) is 5. The third kappa shape index (κ3) is 3.41. The highest BCUT2D eigenvalue weighted by Crippen LogP contribution is 2.28. The molecule has 0 spiro atoms. The van der Waals surface area contributed by atoms with Gasteiger partial charge in [0, 0.05) is 37.8 Å². The molecule has 1 aliphatic carbocycles. The van der Waals surface area contributed by atoms with Gasteiger partial charge in [0.1, 0.15) is 11.6 Å². The standard InChI is InChI=1S/C13H19N5/c1-10-8-12(15-2)17-13(16-10)9-18(7-3-6-14)11-4-5-11/h8,11H,3-5,7,9H2,1-2H3,(H,15,16,17). The van der Waals surface area contributed by atoms with Crippen molar-refractivity contribution in [3.8, 4) is 6.07 Å². The van der Waals surface area contributed by atoms with E-state index in [0.717, 1.165) is 30.4 Å². The van der Waals surface area contributed by atoms with E-state index in [1.54, 1.807) is 0 Å². The summed E-state index contributed by atoms with van der Waals surface area (Å²) < 4.78 is 0. The van der Waals surface area contributed by atoms with Gasteiger partial charge in [0.25, 0.3) is 0 Å². The average Bonchev–Trinajstić information content (AvgIpc) is 3.18. The molecule has 0 bridgehead atoms. The van der Waals surface area contributed by atoms with Crippen LogP contribution in [0.2, 0.25) is 0 Å². The molecule has 1 fully saturated rings. The molecule has 1 aromatic heterocycles. The van der Waals surface area contributed by atoms with Gasteiger partial charge in [0.05, 0.1) is 12.6 Å². The highest BCUT2D eigenvalue weighted by molar-refractivity contribution is 5.34. The Balaban J connectivity index is 2.05. The number of nitriles is 1. The zero-order valence-corrected chi connectivity index (χ0v) is 11.0. The minimum absolute atomic E-state index is 0.571. The maximum Gasteiger partial charge on any atom is 0.144 e. The van der Waals surface area contributed by atoms with Crippen molar-refractivity contribution < 1.29 is 0 Å². The largest absolute Gasteiger partial charge is 0.373 e. The van der Waals surface area contributed by atoms with Gasteiger partial charge in [-0.05, 0) is 19.8 Å². The first-order valence-electron chi connectivity index (χ1n) is 6.36. The Labute approximate surface area is 108 Å². The summed E-state index contributed by atoms with van der Waals surface area (Å²) in [5.41, 5.74) is 0.973. The van der Waals surface area contributed by atoms with Gasteiger partial charge in [-0.2, -0.15) is 5.26 Å². The van der Waals surface area contributed by atoms with Crippen molar-refractivity contribution in [2.24, 2.45) is 0 Å². The van der Waals surface area contributed by atoms with E-state index >= 15 is 0 Å². The van der Waals surface area contributed by atoms with E-state index in [2.05, 4.69) is 26.3 Å². The number of hydrogen-bond donors (Lipinski definition) is 1. The second-order valence-corrected chi connectivity index (χ2v) is 4.67. The molecule has 0 unspecified atom stereocenters. The average molecular weight is 245 g/mol. The van der Waals surface area contributed by atoms with Gasteiger partial charge in [0.2, 0.25) is 0 Å². The highest BCUT2D eigenvalue weighted by atomic mass is 15.2. The lowest BCUT2D eigenvalue weighted by atomic mass is 10.3. The fraction of sp³-hybridized carbons (Fsp3) is 0.615. The smallest absolute Gasteiger partial charge is 0.144 e. The van der Waals surface area contributed by atoms with Crippen LogP contribution < -0.4 is 5.32 Å². The van der Waals surface area contributed by atoms with Crippen LogP contribution in [-0.4, -0.2) is 34.5 Å². The van der Waals surface area contributed by atoms with Crippen LogP contribution in [-0.2, 0) is 6.54 Å². The van der Waals surface area contributed by atoms with E-state index in [-0.39, 0.29) is 0 Å². The van der Waals surface area contributed by atoms with E-state index < -0.39 is 0 Å². The minimum Gasteiger partial charge on any atom is -0.373 e. The molecule has 1 heterocycles. The Morgan fingerprint density at radius 1 is 1.50 bits per heavy atom. The van der Waals surface area contributed by atoms with Crippen molar-refractivity contribution >= 4 is 5.82 Å². The molecule has 1 saturated carbocycles. The monoisotopic (exact) mass is 245 g/mol. The van der Waals surface area contributed by atoms with Crippen LogP contribution in [0.4, 0.5) is 5.82 Å². The van der Waals surface area contributed by atoms with E-state index in [1.165, 1.54) is 12.8 Å². The van der Waals surface area contributed by atoms with Crippen molar-refractivity contribution in [3.05, 3.63) is 17.6 Å². The lowest BCUT2D eigenvalue weighted by Crippen LogP contribution is -2.27. The van der Waals surface area contributed by atoms with Crippen LogP contribution in [0.15, 0.2) is 6.07 Å². The third-order valence-electron chi connectivity index (χ3n) is 3.08. The van der Waals surface area contributed by atoms with Crippen LogP contribution in [0.25, 0.3) is 0 Å². The number of aryl methyl sites for hydroxylation is 1. The summed E-state index contributed by atoms with van der Waals surface area (Å²) in [6.45, 7) is 3.53. The van der Waals surface area contributed by atoms with Crippen LogP contribution in [0.5, 0.6) is 0 Å². The minimum atomic E-state index is 0.571. The SMILES string of the molecule is CNc1cc(C)nc(CN(CCC#N)C2CC2)n1. The lowest BCUT2D eigenvalue weighted by molar-refractivity contribution is 0.254. The van der Waals surface area contributed by atoms with Crippen molar-refractivity contribution in [1.82, 2.24) is 14.9 Å². The van der Waals surface area contributed by atoms with E-state index in [4.69, 9.17) is 5.26 Å². The molecule has 1 aromatic rings. The van der Waals surface area contributed by atoms with Crippen molar-refractivity contribution in [2.45, 2.75) is 38.8 Å². The Hall–Kier alpha value is -1.67. The zero-order valence-electron chi connectivity index (χ0n) is 11.0. The molecular formula is C13H19N5. The predicted octanol–water partition coefficient (Wildman–Crippen LogP) is 1.70. The maximum absolute atomic E-state index is 8.69. The first-order chi connectivity index (χ1) is 8.72. The summed E-state index contributed by atoms with van der Waals surface area (Å²) in [5, 5.41) is 11.7. The van der Waals surface area contributed by atoms with E-state index in [1.807, 2.05) is 20.0 Å². The molecule has 0 aliphatic heterocycles. The van der Waals surface area contributed by atoms with Crippen LogP contribution in [0, 0.1) is 18.3 Å². The van der Waals surface area contributed by atoms with Crippen LogP contribution >= 0.6 is 0 Å². The Kier molecular flexibility index (Phi) is 4.11. The molecule has 1 aliphatic rings. The Bertz CT molecular complexity index is 447. The summed E-state index contributed by atoms with van der Waals surface area (Å²) >= 11 is 0. The van der Waals surface area contributed by atoms with E-state index in [0.29, 0.717) is 12.5 Å². The lowest BCUT2D eigenvalue weighted by Gasteiger charge is -2.19. The topological polar surface area (TPSA) is 64.8 Å². The van der Waals surface area contributed by atoms with Crippen molar-refractivity contribution in [1.29, 1.82) is 5.26 Å². The first-order valence-corrected chi connectivity index (χ1v) is 6.36. The van der Waals surface area contributed by atoms with Crippen molar-refractivity contribution in [3.63, 3.8) is 0 Å². The van der Waals surface area contributed by atoms with Gasteiger partial charge < -0.3 is 5.32 Å². The number of nitrogens with one attached hydrogen (secondary N) is 1. The quantitative estimate of drug-likeness (QED) is 0.826. The summed E-state index contributed by atoms with van der Waals surface area (Å²) in [6, 6.07) is 4.76. The van der Waals surface area contributed by atoms with E-state index in [9.17, 15) is 0 Å². The number of aromatic nitrogens is 2. The third-order valence-corrected chi connectivity index (χ3v) is 3.08. The normalized spacial score (nSPS) is 14.6. The second-order valence-electron chi connectivity index (χ2n) is 4.67. The molecule has 0 aromatic carbocycles. The molecule has 1 N–H and O–H groups in total. The summed E-state index contributed by atoms with van der Waals surface area (Å²) in [6.07, 6.45) is 3.04. The van der Waals surface area contributed by atoms with Gasteiger partial charge in [0.15, 0.2) is 0 Å². The summed E-state index contributed by atoms with van der Waals surface area (Å²) in [5.74, 6) is 1.69. The maximum atomic E-state index is 8.69. The number of nitrogens with zero attached hydrogens (tertiary/aromatic N) is 4. The highest BCUT2D eigenvalue weighted by Gasteiger charge is 2.29. The Morgan fingerprint density at radius 3 is 2.89 bits per heavy atom. The fourth-order valence-corrected chi connectivity index (χ4v) is 2.03. The molecule has 18 heavy (non-hydrogen) atoms. The zero-order chi connectivity index (χ0) is 13.0. The summed E-state index contributed by atoms with van der Waals surface area (Å²) in [4.78, 5) is 11.2. The predicted molar refractivity (Wildman–Crippen MR) is 70.0 cm³/mol. The second kappa shape index (κ2) is 5.78. The van der Waals surface area contributed by atoms with Gasteiger partial charge >= 0.3 is 0 Å². The summed E-state index contributed by atoms with van der Waals surface area (Å²) in [7, 11) is 1.86. The molecule has 0 atom stereocenters. The van der Waals surface area contributed by atoms with Crippen LogP contribution in [0.3, 0.4) is 0 Å². The number of rotatable bonds is 6. The molecule has 5 nitrogen and oxygen atoms in total. The Morgan fingerprint density at radius 2 is 2.28 bits per heavy atom. The molecule has 2 rings (SSSR count). The molecule has 0 amide bonds. The first kappa shape index (κ1) is 12.8.